The molecule has 0 aromatic heterocycles. The number of anilines is 2. The van der Waals surface area contributed by atoms with E-state index >= 15 is 0 Å². The molecule has 0 spiro atoms. The molecule has 0 radical (unpaired) electrons. The number of oxime groups is 2. The van der Waals surface area contributed by atoms with Gasteiger partial charge in [0.15, 0.2) is 11.7 Å². The zero-order valence-electron chi connectivity index (χ0n) is 51.7. The second-order valence-corrected chi connectivity index (χ2v) is 23.7. The fraction of sp³-hybridized carbons (Fsp3) is 0.414. The molecule has 4 aliphatic heterocycles. The van der Waals surface area contributed by atoms with Gasteiger partial charge in [-0.1, -0.05) is 121 Å². The van der Waals surface area contributed by atoms with Gasteiger partial charge in [0.25, 0.3) is 11.8 Å². The highest BCUT2D eigenvalue weighted by atomic mass is 19.4. The molecule has 5 N–H and O–H groups in total. The predicted octanol–water partition coefficient (Wildman–Crippen LogP) is 13.2. The largest absolute Gasteiger partial charge is 0.493 e. The second-order valence-electron chi connectivity index (χ2n) is 23.7. The van der Waals surface area contributed by atoms with Crippen molar-refractivity contribution in [3.8, 4) is 23.0 Å². The van der Waals surface area contributed by atoms with E-state index in [4.69, 9.17) is 30.4 Å². The Bertz CT molecular complexity index is 3410. The van der Waals surface area contributed by atoms with Gasteiger partial charge in [-0.05, 0) is 164 Å². The number of hydrogen-bond donors (Lipinski definition) is 3. The third-order valence-corrected chi connectivity index (χ3v) is 17.3. The van der Waals surface area contributed by atoms with E-state index in [1.54, 1.807) is 29.2 Å². The van der Waals surface area contributed by atoms with E-state index in [0.29, 0.717) is 89.2 Å². The summed E-state index contributed by atoms with van der Waals surface area (Å²) in [5.74, 6) is -1.59. The summed E-state index contributed by atoms with van der Waals surface area (Å²) >= 11 is 0. The van der Waals surface area contributed by atoms with Crippen LogP contribution in [0, 0.1) is 0 Å². The quantitative estimate of drug-likeness (QED) is 0.0136. The van der Waals surface area contributed by atoms with Crippen molar-refractivity contribution in [1.29, 1.82) is 0 Å². The Hall–Kier alpha value is -8.62. The van der Waals surface area contributed by atoms with Gasteiger partial charge in [0.1, 0.15) is 36.2 Å². The lowest BCUT2D eigenvalue weighted by Gasteiger charge is -2.39. The molecule has 90 heavy (non-hydrogen) atoms. The van der Waals surface area contributed by atoms with Crippen LogP contribution in [0.4, 0.5) is 24.5 Å². The van der Waals surface area contributed by atoms with E-state index in [1.807, 2.05) is 108 Å². The van der Waals surface area contributed by atoms with Crippen LogP contribution in [0.2, 0.25) is 0 Å². The predicted molar refractivity (Wildman–Crippen MR) is 341 cm³/mol. The molecule has 6 aromatic carbocycles. The van der Waals surface area contributed by atoms with E-state index < -0.39 is 30.2 Å². The highest BCUT2D eigenvalue weighted by Gasteiger charge is 2.42. The molecular weight excluding hydrogens is 1150 g/mol. The number of unbranched alkanes of at least 4 members (excludes halogenated alkanes) is 4. The van der Waals surface area contributed by atoms with Gasteiger partial charge in [-0.25, -0.2) is 4.79 Å². The molecule has 478 valence electrons. The highest BCUT2D eigenvalue weighted by Crippen LogP contribution is 2.44. The summed E-state index contributed by atoms with van der Waals surface area (Å²) in [4.78, 5) is 52.3. The van der Waals surface area contributed by atoms with Crippen LogP contribution in [0.5, 0.6) is 23.0 Å². The zero-order valence-corrected chi connectivity index (χ0v) is 51.7. The Morgan fingerprint density at radius 2 is 0.933 bits per heavy atom. The molecule has 2 unspecified atom stereocenters. The third kappa shape index (κ3) is 16.8. The van der Waals surface area contributed by atoms with Crippen molar-refractivity contribution >= 4 is 40.8 Å². The third-order valence-electron chi connectivity index (χ3n) is 17.3. The van der Waals surface area contributed by atoms with Crippen LogP contribution in [0.15, 0.2) is 156 Å². The molecule has 17 nitrogen and oxygen atoms in total. The zero-order chi connectivity index (χ0) is 63.7. The second kappa shape index (κ2) is 31.2. The van der Waals surface area contributed by atoms with E-state index in [1.165, 1.54) is 56.7 Å². The standard InChI is InChI=1S/C36H41F3N4O5.C34H42N4O4/c1-24-12-11-13-25(2)42(24)20-9-4-10-21-43-29-16-7-8-17-31(29)47-32(34(43)44)28-22-27(33(40)41-48-35(45)36(37,38)39)18-19-30(28)46-23-26-14-5-3-6-15-26;1-24-12-11-13-25(2)37(24)20-9-4-10-21-38-29-16-7-8-17-31(29)42-32(34(38)39)28-22-27(33(35)36-40)18-19-30(28)41-23-26-14-5-3-6-15-26/h3,5-8,14-19,22,24-25,32H,4,9-13,20-21,23H2,1-2H3,(H2,40,41);3,5-8,14-19,22,24-25,32,40H,4,9-13,20-21,23H2,1-2H3,(H2,35,36)/t2*24-,25+,32?. The highest BCUT2D eigenvalue weighted by molar-refractivity contribution is 6.03. The number of nitrogens with zero attached hydrogens (tertiary/aromatic N) is 6. The van der Waals surface area contributed by atoms with Gasteiger partial charge in [0.2, 0.25) is 12.2 Å². The molecule has 6 aromatic rings. The van der Waals surface area contributed by atoms with Gasteiger partial charge in [-0.15, -0.1) is 0 Å². The van der Waals surface area contributed by atoms with Crippen LogP contribution in [0.1, 0.15) is 150 Å². The number of piperidine rings is 2. The molecule has 20 heteroatoms. The fourth-order valence-electron chi connectivity index (χ4n) is 12.4. The number of carbonyl (C=O) groups excluding carboxylic acids is 3. The Morgan fingerprint density at radius 3 is 1.34 bits per heavy atom. The Kier molecular flexibility index (Phi) is 22.8. The first-order valence-electron chi connectivity index (χ1n) is 31.4. The van der Waals surface area contributed by atoms with Crippen molar-refractivity contribution in [2.24, 2.45) is 21.8 Å². The van der Waals surface area contributed by atoms with E-state index in [0.717, 1.165) is 68.4 Å². The van der Waals surface area contributed by atoms with Crippen LogP contribution >= 0.6 is 0 Å². The van der Waals surface area contributed by atoms with Crippen LogP contribution in [0.3, 0.4) is 0 Å². The van der Waals surface area contributed by atoms with Crippen LogP contribution in [-0.4, -0.2) is 101 Å². The van der Waals surface area contributed by atoms with E-state index in [9.17, 15) is 32.8 Å². The number of amides is 2. The summed E-state index contributed by atoms with van der Waals surface area (Å²) < 4.78 is 63.0. The number of hydrogen-bond acceptors (Lipinski definition) is 13. The number of amidine groups is 2. The van der Waals surface area contributed by atoms with Crippen LogP contribution in [0.25, 0.3) is 0 Å². The molecule has 0 saturated carbocycles. The number of para-hydroxylation sites is 4. The maximum atomic E-state index is 14.2. The topological polar surface area (TPSA) is 207 Å². The van der Waals surface area contributed by atoms with Gasteiger partial charge in [-0.3, -0.25) is 19.4 Å². The maximum absolute atomic E-state index is 14.2. The Labute approximate surface area is 525 Å². The molecule has 4 aliphatic rings. The lowest BCUT2D eigenvalue weighted by molar-refractivity contribution is -0.199. The number of likely N-dealkylation sites (tertiary alicyclic amines) is 2. The van der Waals surface area contributed by atoms with Crippen LogP contribution in [-0.2, 0) is 32.4 Å². The fourth-order valence-corrected chi connectivity index (χ4v) is 12.4. The maximum Gasteiger partial charge on any atom is 0.493 e. The lowest BCUT2D eigenvalue weighted by atomic mass is 9.97. The summed E-state index contributed by atoms with van der Waals surface area (Å²) in [5.41, 5.74) is 16.6. The minimum atomic E-state index is -5.24. The van der Waals surface area contributed by atoms with Gasteiger partial charge in [-0.2, -0.15) is 13.2 Å². The number of fused-ring (bicyclic) bond motifs is 2. The summed E-state index contributed by atoms with van der Waals surface area (Å²) in [6.45, 7) is 13.0. The average Bonchev–Trinajstić information content (AvgIpc) is 1.48. The van der Waals surface area contributed by atoms with Crippen molar-refractivity contribution in [2.75, 3.05) is 36.0 Å². The first-order valence-corrected chi connectivity index (χ1v) is 31.4. The molecule has 10 rings (SSSR count). The Balaban J connectivity index is 0.000000215. The smallest absolute Gasteiger partial charge is 0.488 e. The molecule has 0 bridgehead atoms. The number of benzene rings is 6. The van der Waals surface area contributed by atoms with Gasteiger partial charge in [0, 0.05) is 59.5 Å². The summed E-state index contributed by atoms with van der Waals surface area (Å²) in [6, 6.07) is 46.2. The molecule has 4 heterocycles. The normalized spacial score (nSPS) is 20.6. The SMILES string of the molecule is C[C@@H]1CCC[C@H](C)N1CCCCCN1C(=O)C(c2cc(C(N)=NO)ccc2OCc2ccccc2)Oc2ccccc21.C[C@@H]1CCC[C@H](C)N1CCCCCN1C(=O)C(c2cc(C(N)=NOC(=O)C(F)(F)F)ccc2OCc2ccccc2)Oc2ccccc21. The minimum Gasteiger partial charge on any atom is -0.488 e. The number of halogens is 3. The lowest BCUT2D eigenvalue weighted by Crippen LogP contribution is -2.44. The van der Waals surface area contributed by atoms with Crippen LogP contribution < -0.4 is 40.2 Å². The van der Waals surface area contributed by atoms with E-state index in [2.05, 4.69) is 52.6 Å². The van der Waals surface area contributed by atoms with Gasteiger partial charge < -0.3 is 50.3 Å². The monoisotopic (exact) mass is 1240 g/mol. The number of alkyl halides is 3. The van der Waals surface area contributed by atoms with Gasteiger partial charge >= 0.3 is 12.1 Å². The molecular formula is C70H83F3N8O9. The molecule has 2 amide bonds. The summed E-state index contributed by atoms with van der Waals surface area (Å²) in [5, 5.41) is 15.6. The molecule has 6 atom stereocenters. The van der Waals surface area contributed by atoms with E-state index in [-0.39, 0.29) is 29.8 Å². The first kappa shape index (κ1) is 65.8. The summed E-state index contributed by atoms with van der Waals surface area (Å²) in [6.07, 6.45) is 6.03. The minimum absolute atomic E-state index is 0.0521. The number of carbonyl (C=O) groups is 3. The molecule has 0 aliphatic carbocycles. The van der Waals surface area contributed by atoms with Crippen molar-refractivity contribution in [3.63, 3.8) is 0 Å². The van der Waals surface area contributed by atoms with Crippen molar-refractivity contribution < 1.29 is 56.5 Å². The first-order chi connectivity index (χ1) is 43.5. The van der Waals surface area contributed by atoms with Crippen molar-refractivity contribution in [2.45, 2.75) is 161 Å². The number of ether oxygens (including phenoxy) is 4. The number of rotatable bonds is 23. The molecule has 2 saturated heterocycles. The molecule has 2 fully saturated rings. The van der Waals surface area contributed by atoms with Crippen molar-refractivity contribution in [1.82, 2.24) is 9.80 Å². The summed E-state index contributed by atoms with van der Waals surface area (Å²) in [7, 11) is 0. The number of nitrogens with two attached hydrogens (primary N) is 2. The van der Waals surface area contributed by atoms with Gasteiger partial charge in [0.05, 0.1) is 11.4 Å². The Morgan fingerprint density at radius 1 is 0.544 bits per heavy atom. The van der Waals surface area contributed by atoms with Crippen molar-refractivity contribution in [3.05, 3.63) is 179 Å². The average molecular weight is 1240 g/mol.